The number of amides is 1. The molecule has 3 rings (SSSR count). The minimum atomic E-state index is -1.05. The predicted octanol–water partition coefficient (Wildman–Crippen LogP) is 4.20. The Morgan fingerprint density at radius 3 is 2.44 bits per heavy atom. The lowest BCUT2D eigenvalue weighted by atomic mass is 10.0. The van der Waals surface area contributed by atoms with E-state index in [0.29, 0.717) is 24.3 Å². The van der Waals surface area contributed by atoms with Crippen molar-refractivity contribution in [2.45, 2.75) is 19.0 Å². The number of nitrogens with one attached hydrogen (secondary N) is 1. The monoisotopic (exact) mass is 453 g/mol. The smallest absolute Gasteiger partial charge is 0.326 e. The van der Waals surface area contributed by atoms with E-state index < -0.39 is 17.9 Å². The zero-order valence-corrected chi connectivity index (χ0v) is 18.4. The minimum absolute atomic E-state index is 0.303. The Morgan fingerprint density at radius 2 is 1.84 bits per heavy atom. The van der Waals surface area contributed by atoms with Gasteiger partial charge in [0.25, 0.3) is 5.91 Å². The topological polar surface area (TPSA) is 84.2 Å². The molecule has 1 aromatic heterocycles. The standard InChI is InChI=1S/C24H24FN3O3S/c1-32-13-10-22(24(30)31)27-23(29)19-4-2-17(3-5-19)14-20(15-28-12-11-26-16-28)18-6-8-21(25)9-7-18/h2-9,11-12,14,16,22H,10,13,15H2,1H3,(H,27,29)(H,30,31)/t22-/m0/s1. The van der Waals surface area contributed by atoms with Gasteiger partial charge in [0, 0.05) is 24.5 Å². The van der Waals surface area contributed by atoms with E-state index in [1.54, 1.807) is 48.9 Å². The molecule has 166 valence electrons. The SMILES string of the molecule is CSCC[C@H](NC(=O)c1ccc(C=C(Cn2ccnc2)c2ccc(F)cc2)cc1)C(=O)O. The summed E-state index contributed by atoms with van der Waals surface area (Å²) in [4.78, 5) is 27.9. The van der Waals surface area contributed by atoms with Crippen molar-refractivity contribution in [3.05, 3.63) is 89.8 Å². The summed E-state index contributed by atoms with van der Waals surface area (Å²) < 4.78 is 15.3. The first-order valence-electron chi connectivity index (χ1n) is 10.0. The number of carboxylic acids is 1. The van der Waals surface area contributed by atoms with Gasteiger partial charge >= 0.3 is 5.97 Å². The molecule has 0 saturated carbocycles. The van der Waals surface area contributed by atoms with E-state index in [9.17, 15) is 19.1 Å². The Balaban J connectivity index is 1.79. The third kappa shape index (κ3) is 6.55. The molecule has 2 N–H and O–H groups in total. The number of carbonyl (C=O) groups excluding carboxylic acids is 1. The summed E-state index contributed by atoms with van der Waals surface area (Å²) in [6, 6.07) is 12.3. The van der Waals surface area contributed by atoms with Crippen LogP contribution in [0.1, 0.15) is 27.9 Å². The Morgan fingerprint density at radius 1 is 1.16 bits per heavy atom. The van der Waals surface area contributed by atoms with Gasteiger partial charge < -0.3 is 15.0 Å². The maximum absolute atomic E-state index is 13.4. The van der Waals surface area contributed by atoms with Gasteiger partial charge in [-0.25, -0.2) is 14.2 Å². The number of aliphatic carboxylic acids is 1. The van der Waals surface area contributed by atoms with Crippen LogP contribution in [0.4, 0.5) is 4.39 Å². The zero-order valence-electron chi connectivity index (χ0n) is 17.6. The van der Waals surface area contributed by atoms with Crippen LogP contribution in [0.15, 0.2) is 67.3 Å². The second-order valence-corrected chi connectivity index (χ2v) is 8.16. The van der Waals surface area contributed by atoms with Crippen LogP contribution in [0.3, 0.4) is 0 Å². The van der Waals surface area contributed by atoms with Crippen molar-refractivity contribution in [1.29, 1.82) is 0 Å². The number of hydrogen-bond acceptors (Lipinski definition) is 4. The van der Waals surface area contributed by atoms with E-state index in [1.807, 2.05) is 23.1 Å². The van der Waals surface area contributed by atoms with Crippen LogP contribution >= 0.6 is 11.8 Å². The van der Waals surface area contributed by atoms with Crippen molar-refractivity contribution in [3.63, 3.8) is 0 Å². The molecule has 0 radical (unpaired) electrons. The number of thioether (sulfide) groups is 1. The van der Waals surface area contributed by atoms with Crippen LogP contribution in [0.5, 0.6) is 0 Å². The van der Waals surface area contributed by atoms with Crippen LogP contribution in [0, 0.1) is 5.82 Å². The number of imidazole rings is 1. The molecule has 0 saturated heterocycles. The summed E-state index contributed by atoms with van der Waals surface area (Å²) in [5, 5.41) is 11.9. The van der Waals surface area contributed by atoms with Crippen molar-refractivity contribution < 1.29 is 19.1 Å². The number of carboxylic acid groups (broad SMARTS) is 1. The van der Waals surface area contributed by atoms with Gasteiger partial charge in [-0.1, -0.05) is 24.3 Å². The highest BCUT2D eigenvalue weighted by Gasteiger charge is 2.20. The molecule has 1 heterocycles. The van der Waals surface area contributed by atoms with E-state index in [2.05, 4.69) is 10.3 Å². The number of allylic oxidation sites excluding steroid dienone is 1. The second-order valence-electron chi connectivity index (χ2n) is 7.18. The predicted molar refractivity (Wildman–Crippen MR) is 125 cm³/mol. The maximum atomic E-state index is 13.4. The molecule has 0 bridgehead atoms. The van der Waals surface area contributed by atoms with Crippen molar-refractivity contribution in [1.82, 2.24) is 14.9 Å². The van der Waals surface area contributed by atoms with Crippen LogP contribution in [0.25, 0.3) is 11.6 Å². The van der Waals surface area contributed by atoms with Crippen molar-refractivity contribution in [2.75, 3.05) is 12.0 Å². The van der Waals surface area contributed by atoms with Gasteiger partial charge in [0.1, 0.15) is 11.9 Å². The van der Waals surface area contributed by atoms with Gasteiger partial charge in [-0.3, -0.25) is 4.79 Å². The maximum Gasteiger partial charge on any atom is 0.326 e. The Bertz CT molecular complexity index is 1060. The van der Waals surface area contributed by atoms with Gasteiger partial charge in [0.05, 0.1) is 6.33 Å². The highest BCUT2D eigenvalue weighted by Crippen LogP contribution is 2.21. The van der Waals surface area contributed by atoms with Crippen LogP contribution in [0.2, 0.25) is 0 Å². The van der Waals surface area contributed by atoms with Crippen LogP contribution < -0.4 is 5.32 Å². The van der Waals surface area contributed by atoms with Crippen molar-refractivity contribution in [3.8, 4) is 0 Å². The number of nitrogens with zero attached hydrogens (tertiary/aromatic N) is 2. The Labute approximate surface area is 190 Å². The fourth-order valence-corrected chi connectivity index (χ4v) is 3.60. The lowest BCUT2D eigenvalue weighted by molar-refractivity contribution is -0.139. The zero-order chi connectivity index (χ0) is 22.9. The van der Waals surface area contributed by atoms with Crippen molar-refractivity contribution >= 4 is 35.3 Å². The van der Waals surface area contributed by atoms with Gasteiger partial charge in [0.2, 0.25) is 0 Å². The molecular weight excluding hydrogens is 429 g/mol. The first kappa shape index (κ1) is 23.3. The van der Waals surface area contributed by atoms with Crippen LogP contribution in [-0.2, 0) is 11.3 Å². The average molecular weight is 454 g/mol. The summed E-state index contributed by atoms with van der Waals surface area (Å²) in [5.41, 5.74) is 3.07. The summed E-state index contributed by atoms with van der Waals surface area (Å²) in [6.07, 6.45) is 9.46. The lowest BCUT2D eigenvalue weighted by Gasteiger charge is -2.14. The van der Waals surface area contributed by atoms with Gasteiger partial charge in [-0.15, -0.1) is 0 Å². The van der Waals surface area contributed by atoms with E-state index in [-0.39, 0.29) is 5.82 Å². The molecule has 1 amide bonds. The fourth-order valence-electron chi connectivity index (χ4n) is 3.13. The average Bonchev–Trinajstić information content (AvgIpc) is 3.30. The third-order valence-electron chi connectivity index (χ3n) is 4.85. The molecule has 0 fully saturated rings. The number of halogens is 1. The van der Waals surface area contributed by atoms with E-state index >= 15 is 0 Å². The largest absolute Gasteiger partial charge is 0.480 e. The Kier molecular flexibility index (Phi) is 8.21. The molecule has 32 heavy (non-hydrogen) atoms. The summed E-state index contributed by atoms with van der Waals surface area (Å²) in [7, 11) is 0. The summed E-state index contributed by atoms with van der Waals surface area (Å²) in [5.74, 6) is -1.13. The third-order valence-corrected chi connectivity index (χ3v) is 5.50. The van der Waals surface area contributed by atoms with Crippen LogP contribution in [-0.4, -0.2) is 44.6 Å². The molecule has 6 nitrogen and oxygen atoms in total. The molecule has 0 unspecified atom stereocenters. The number of benzene rings is 2. The molecule has 0 aliphatic carbocycles. The highest BCUT2D eigenvalue weighted by molar-refractivity contribution is 7.98. The lowest BCUT2D eigenvalue weighted by Crippen LogP contribution is -2.41. The minimum Gasteiger partial charge on any atom is -0.480 e. The Hall–Kier alpha value is -3.39. The first-order chi connectivity index (χ1) is 15.5. The van der Waals surface area contributed by atoms with E-state index in [1.165, 1.54) is 23.9 Å². The molecule has 8 heteroatoms. The van der Waals surface area contributed by atoms with Gasteiger partial charge in [-0.05, 0) is 65.5 Å². The van der Waals surface area contributed by atoms with Gasteiger partial charge in [-0.2, -0.15) is 11.8 Å². The number of hydrogen-bond donors (Lipinski definition) is 2. The van der Waals surface area contributed by atoms with E-state index in [0.717, 1.165) is 16.7 Å². The molecule has 2 aromatic carbocycles. The highest BCUT2D eigenvalue weighted by atomic mass is 32.2. The normalized spacial score (nSPS) is 12.4. The quantitative estimate of drug-likeness (QED) is 0.450. The first-order valence-corrected chi connectivity index (χ1v) is 11.4. The molecule has 1 atom stereocenters. The molecule has 3 aromatic rings. The molecule has 0 spiro atoms. The second kappa shape index (κ2) is 11.3. The van der Waals surface area contributed by atoms with Gasteiger partial charge in [0.15, 0.2) is 0 Å². The number of aromatic nitrogens is 2. The summed E-state index contributed by atoms with van der Waals surface area (Å²) >= 11 is 1.53. The molecule has 0 aliphatic heterocycles. The number of rotatable bonds is 10. The van der Waals surface area contributed by atoms with E-state index in [4.69, 9.17) is 0 Å². The fraction of sp³-hybridized carbons (Fsp3) is 0.208. The van der Waals surface area contributed by atoms with Crippen molar-refractivity contribution in [2.24, 2.45) is 0 Å². The molecule has 0 aliphatic rings. The summed E-state index contributed by atoms with van der Waals surface area (Å²) in [6.45, 7) is 0.545. The number of carbonyl (C=O) groups is 2. The molecular formula is C24H24FN3O3S.